The molecule has 8 heteroatoms. The minimum atomic E-state index is -4.49. The molecular weight excluding hydrogens is 317 g/mol. The van der Waals surface area contributed by atoms with Gasteiger partial charge in [-0.3, -0.25) is 9.59 Å². The molecule has 1 aromatic rings. The summed E-state index contributed by atoms with van der Waals surface area (Å²) in [7, 11) is 0. The predicted octanol–water partition coefficient (Wildman–Crippen LogP) is 1.87. The van der Waals surface area contributed by atoms with Gasteiger partial charge >= 0.3 is 6.18 Å². The summed E-state index contributed by atoms with van der Waals surface area (Å²) < 4.78 is 38.3. The van der Waals surface area contributed by atoms with E-state index in [4.69, 9.17) is 0 Å². The Kier molecular flexibility index (Phi) is 3.58. The SMILES string of the molecule is O=C1NC2(CCSC2)C(=O)NC1c1cccc(C(F)(F)F)c1. The third-order valence-electron chi connectivity index (χ3n) is 3.90. The molecule has 2 saturated heterocycles. The molecule has 22 heavy (non-hydrogen) atoms. The van der Waals surface area contributed by atoms with E-state index < -0.39 is 29.2 Å². The highest BCUT2D eigenvalue weighted by molar-refractivity contribution is 7.99. The third-order valence-corrected chi connectivity index (χ3v) is 5.09. The number of rotatable bonds is 1. The van der Waals surface area contributed by atoms with Crippen molar-refractivity contribution in [1.82, 2.24) is 10.6 Å². The highest BCUT2D eigenvalue weighted by Crippen LogP contribution is 2.34. The van der Waals surface area contributed by atoms with Gasteiger partial charge in [-0.05, 0) is 29.9 Å². The van der Waals surface area contributed by atoms with Gasteiger partial charge in [0, 0.05) is 5.75 Å². The first-order valence-electron chi connectivity index (χ1n) is 6.70. The summed E-state index contributed by atoms with van der Waals surface area (Å²) in [6.45, 7) is 0. The van der Waals surface area contributed by atoms with Gasteiger partial charge < -0.3 is 10.6 Å². The van der Waals surface area contributed by atoms with Crippen LogP contribution in [0.25, 0.3) is 0 Å². The molecule has 2 amide bonds. The topological polar surface area (TPSA) is 58.2 Å². The van der Waals surface area contributed by atoms with Crippen molar-refractivity contribution in [2.45, 2.75) is 24.2 Å². The first-order chi connectivity index (χ1) is 10.3. The van der Waals surface area contributed by atoms with E-state index in [0.717, 1.165) is 17.9 Å². The molecule has 0 saturated carbocycles. The molecule has 2 fully saturated rings. The Balaban J connectivity index is 1.87. The lowest BCUT2D eigenvalue weighted by atomic mass is 9.91. The Hall–Kier alpha value is -1.70. The Labute approximate surface area is 128 Å². The Morgan fingerprint density at radius 1 is 1.27 bits per heavy atom. The van der Waals surface area contributed by atoms with Crippen molar-refractivity contribution in [3.05, 3.63) is 35.4 Å². The van der Waals surface area contributed by atoms with Crippen LogP contribution < -0.4 is 10.6 Å². The maximum atomic E-state index is 12.8. The molecule has 4 nitrogen and oxygen atoms in total. The second kappa shape index (κ2) is 5.19. The molecule has 1 spiro atoms. The molecule has 0 aromatic heterocycles. The molecule has 0 bridgehead atoms. The van der Waals surface area contributed by atoms with Gasteiger partial charge in [-0.15, -0.1) is 0 Å². The van der Waals surface area contributed by atoms with Gasteiger partial charge in [0.05, 0.1) is 5.56 Å². The normalized spacial score (nSPS) is 28.6. The lowest BCUT2D eigenvalue weighted by Crippen LogP contribution is -2.66. The molecule has 118 valence electrons. The van der Waals surface area contributed by atoms with Gasteiger partial charge in [0.15, 0.2) is 0 Å². The molecule has 2 atom stereocenters. The van der Waals surface area contributed by atoms with Crippen molar-refractivity contribution in [2.24, 2.45) is 0 Å². The van der Waals surface area contributed by atoms with E-state index in [-0.39, 0.29) is 11.5 Å². The van der Waals surface area contributed by atoms with Crippen LogP contribution in [-0.4, -0.2) is 28.9 Å². The summed E-state index contributed by atoms with van der Waals surface area (Å²) in [5.74, 6) is 0.447. The van der Waals surface area contributed by atoms with E-state index in [2.05, 4.69) is 10.6 Å². The fourth-order valence-electron chi connectivity index (χ4n) is 2.67. The maximum Gasteiger partial charge on any atom is 0.416 e. The number of carbonyl (C=O) groups is 2. The van der Waals surface area contributed by atoms with Crippen molar-refractivity contribution in [2.75, 3.05) is 11.5 Å². The number of piperazine rings is 1. The zero-order valence-electron chi connectivity index (χ0n) is 11.4. The third kappa shape index (κ3) is 2.55. The van der Waals surface area contributed by atoms with Gasteiger partial charge in [0.25, 0.3) is 0 Å². The van der Waals surface area contributed by atoms with E-state index in [9.17, 15) is 22.8 Å². The van der Waals surface area contributed by atoms with Crippen molar-refractivity contribution in [3.8, 4) is 0 Å². The van der Waals surface area contributed by atoms with Crippen LogP contribution >= 0.6 is 11.8 Å². The standard InChI is InChI=1S/C14H13F3N2O2S/c15-14(16,17)9-3-1-2-8(6-9)10-11(20)19-13(12(21)18-10)4-5-22-7-13/h1-3,6,10H,4-5,7H2,(H,18,21)(H,19,20). The first kappa shape index (κ1) is 15.2. The zero-order chi connectivity index (χ0) is 16.0. The summed E-state index contributed by atoms with van der Waals surface area (Å²) in [4.78, 5) is 24.5. The minimum Gasteiger partial charge on any atom is -0.339 e. The summed E-state index contributed by atoms with van der Waals surface area (Å²) in [6, 6.07) is 3.37. The van der Waals surface area contributed by atoms with E-state index in [1.165, 1.54) is 12.1 Å². The van der Waals surface area contributed by atoms with Crippen molar-refractivity contribution < 1.29 is 22.8 Å². The van der Waals surface area contributed by atoms with Crippen LogP contribution in [-0.2, 0) is 15.8 Å². The van der Waals surface area contributed by atoms with E-state index in [1.807, 2.05) is 0 Å². The summed E-state index contributed by atoms with van der Waals surface area (Å²) in [6.07, 6.45) is -3.96. The van der Waals surface area contributed by atoms with E-state index >= 15 is 0 Å². The van der Waals surface area contributed by atoms with Crippen LogP contribution in [0, 0.1) is 0 Å². The number of benzene rings is 1. The Bertz CT molecular complexity index is 627. The molecule has 2 unspecified atom stereocenters. The number of amides is 2. The molecule has 3 rings (SSSR count). The van der Waals surface area contributed by atoms with Crippen LogP contribution in [0.15, 0.2) is 24.3 Å². The second-order valence-corrected chi connectivity index (χ2v) is 6.51. The minimum absolute atomic E-state index is 0.126. The lowest BCUT2D eigenvalue weighted by molar-refractivity contribution is -0.141. The first-order valence-corrected chi connectivity index (χ1v) is 7.85. The average Bonchev–Trinajstić information content (AvgIpc) is 2.92. The number of carbonyl (C=O) groups excluding carboxylic acids is 2. The summed E-state index contributed by atoms with van der Waals surface area (Å²) in [5, 5.41) is 5.26. The smallest absolute Gasteiger partial charge is 0.339 e. The van der Waals surface area contributed by atoms with Crippen LogP contribution in [0.5, 0.6) is 0 Å². The molecular formula is C14H13F3N2O2S. The number of alkyl halides is 3. The fraction of sp³-hybridized carbons (Fsp3) is 0.429. The molecule has 2 aliphatic heterocycles. The number of hydrogen-bond donors (Lipinski definition) is 2. The molecule has 0 aliphatic carbocycles. The van der Waals surface area contributed by atoms with Crippen molar-refractivity contribution in [1.29, 1.82) is 0 Å². The van der Waals surface area contributed by atoms with Gasteiger partial charge in [-0.2, -0.15) is 24.9 Å². The van der Waals surface area contributed by atoms with Gasteiger partial charge in [-0.1, -0.05) is 12.1 Å². The number of halogens is 3. The quantitative estimate of drug-likeness (QED) is 0.826. The van der Waals surface area contributed by atoms with E-state index in [0.29, 0.717) is 12.2 Å². The van der Waals surface area contributed by atoms with Crippen LogP contribution in [0.1, 0.15) is 23.6 Å². The monoisotopic (exact) mass is 330 g/mol. The zero-order valence-corrected chi connectivity index (χ0v) is 12.2. The van der Waals surface area contributed by atoms with Crippen LogP contribution in [0.3, 0.4) is 0 Å². The largest absolute Gasteiger partial charge is 0.416 e. The Morgan fingerprint density at radius 2 is 2.05 bits per heavy atom. The molecule has 2 aliphatic rings. The van der Waals surface area contributed by atoms with E-state index in [1.54, 1.807) is 11.8 Å². The number of hydrogen-bond acceptors (Lipinski definition) is 3. The molecule has 1 aromatic carbocycles. The fourth-order valence-corrected chi connectivity index (χ4v) is 4.00. The summed E-state index contributed by atoms with van der Waals surface area (Å²) >= 11 is 1.56. The van der Waals surface area contributed by atoms with Crippen LogP contribution in [0.2, 0.25) is 0 Å². The highest BCUT2D eigenvalue weighted by Gasteiger charge is 2.49. The summed E-state index contributed by atoms with van der Waals surface area (Å²) in [5.41, 5.74) is -1.63. The molecule has 2 heterocycles. The van der Waals surface area contributed by atoms with Gasteiger partial charge in [-0.25, -0.2) is 0 Å². The molecule has 2 N–H and O–H groups in total. The second-order valence-electron chi connectivity index (χ2n) is 5.40. The lowest BCUT2D eigenvalue weighted by Gasteiger charge is -2.37. The van der Waals surface area contributed by atoms with Crippen molar-refractivity contribution >= 4 is 23.6 Å². The Morgan fingerprint density at radius 3 is 2.68 bits per heavy atom. The number of thioether (sulfide) groups is 1. The maximum absolute atomic E-state index is 12.8. The predicted molar refractivity (Wildman–Crippen MR) is 75.1 cm³/mol. The van der Waals surface area contributed by atoms with Crippen LogP contribution in [0.4, 0.5) is 13.2 Å². The highest BCUT2D eigenvalue weighted by atomic mass is 32.2. The average molecular weight is 330 g/mol. The van der Waals surface area contributed by atoms with Crippen molar-refractivity contribution in [3.63, 3.8) is 0 Å². The van der Waals surface area contributed by atoms with Gasteiger partial charge in [0.1, 0.15) is 11.6 Å². The molecule has 0 radical (unpaired) electrons. The van der Waals surface area contributed by atoms with Gasteiger partial charge in [0.2, 0.25) is 11.8 Å². The number of nitrogens with one attached hydrogen (secondary N) is 2.